The van der Waals surface area contributed by atoms with Crippen molar-refractivity contribution in [2.24, 2.45) is 0 Å². The molecule has 0 bridgehead atoms. The van der Waals surface area contributed by atoms with Crippen LogP contribution in [0.4, 0.5) is 13.2 Å². The Bertz CT molecular complexity index is 1060. The average Bonchev–Trinajstić information content (AvgIpc) is 2.79. The molecule has 0 radical (unpaired) electrons. The second-order valence-electron chi connectivity index (χ2n) is 8.97. The number of hydrogen-bond donors (Lipinski definition) is 1. The summed E-state index contributed by atoms with van der Waals surface area (Å²) < 4.78 is 40.9. The molecule has 182 valence electrons. The van der Waals surface area contributed by atoms with Gasteiger partial charge in [0.05, 0.1) is 0 Å². The average molecular weight is 476 g/mol. The predicted molar refractivity (Wildman–Crippen MR) is 121 cm³/mol. The smallest absolute Gasteiger partial charge is 0.406 e. The third-order valence-corrected chi connectivity index (χ3v) is 6.56. The monoisotopic (exact) mass is 475 g/mol. The van der Waals surface area contributed by atoms with Gasteiger partial charge in [0.2, 0.25) is 0 Å². The van der Waals surface area contributed by atoms with E-state index in [1.165, 1.54) is 17.7 Å². The number of ether oxygens (including phenoxy) is 1. The third-order valence-electron chi connectivity index (χ3n) is 6.56. The highest BCUT2D eigenvalue weighted by molar-refractivity contribution is 5.97. The number of benzene rings is 2. The van der Waals surface area contributed by atoms with Gasteiger partial charge in [-0.05, 0) is 80.3 Å². The molecule has 1 aliphatic heterocycles. The van der Waals surface area contributed by atoms with Crippen LogP contribution in [0.15, 0.2) is 36.4 Å². The van der Waals surface area contributed by atoms with E-state index in [2.05, 4.69) is 15.0 Å². The van der Waals surface area contributed by atoms with Crippen LogP contribution in [0.25, 0.3) is 0 Å². The number of carbonyl (C=O) groups is 2. The summed E-state index contributed by atoms with van der Waals surface area (Å²) in [6.45, 7) is 5.08. The van der Waals surface area contributed by atoms with Crippen LogP contribution >= 0.6 is 0 Å². The van der Waals surface area contributed by atoms with Gasteiger partial charge in [-0.1, -0.05) is 6.07 Å². The third kappa shape index (κ3) is 5.52. The van der Waals surface area contributed by atoms with Gasteiger partial charge >= 0.3 is 6.36 Å². The molecule has 6 nitrogen and oxygen atoms in total. The Morgan fingerprint density at radius 1 is 1.00 bits per heavy atom. The minimum absolute atomic E-state index is 0.0246. The number of fused-ring (bicyclic) bond motifs is 1. The summed E-state index contributed by atoms with van der Waals surface area (Å²) >= 11 is 0. The maximum atomic E-state index is 13.3. The number of hydrogen-bond acceptors (Lipinski definition) is 4. The summed E-state index contributed by atoms with van der Waals surface area (Å²) in [5.41, 5.74) is 4.22. The molecule has 1 fully saturated rings. The first kappa shape index (κ1) is 24.1. The first-order valence-corrected chi connectivity index (χ1v) is 11.4. The van der Waals surface area contributed by atoms with Gasteiger partial charge in [-0.25, -0.2) is 0 Å². The molecule has 34 heavy (non-hydrogen) atoms. The molecule has 2 aromatic rings. The van der Waals surface area contributed by atoms with Gasteiger partial charge in [-0.2, -0.15) is 0 Å². The molecular weight excluding hydrogens is 447 g/mol. The molecule has 0 saturated carbocycles. The van der Waals surface area contributed by atoms with E-state index < -0.39 is 6.36 Å². The zero-order chi connectivity index (χ0) is 24.5. The fraction of sp³-hybridized carbons (Fsp3) is 0.440. The Morgan fingerprint density at radius 3 is 2.32 bits per heavy atom. The molecule has 2 aromatic carbocycles. The molecule has 9 heteroatoms. The van der Waals surface area contributed by atoms with Crippen LogP contribution in [0.1, 0.15) is 43.8 Å². The zero-order valence-electron chi connectivity index (χ0n) is 19.2. The first-order chi connectivity index (χ1) is 16.1. The van der Waals surface area contributed by atoms with Crippen molar-refractivity contribution >= 4 is 11.8 Å². The second kappa shape index (κ2) is 9.66. The van der Waals surface area contributed by atoms with E-state index >= 15 is 0 Å². The standard InChI is InChI=1S/C25H28F3N3O3/c1-16-3-9-21(24(33)31-13-11-30(2)12-14-31)22-15-18(6-10-20(16)22)29-23(32)17-4-7-19(8-5-17)34-25(26,27)28/h3-5,7-9,18H,6,10-15H2,1-2H3,(H,29,32)/t18-/m1/s1. The largest absolute Gasteiger partial charge is 0.573 e. The van der Waals surface area contributed by atoms with Crippen LogP contribution in [-0.4, -0.2) is 67.2 Å². The molecule has 1 aliphatic carbocycles. The van der Waals surface area contributed by atoms with Crippen LogP contribution < -0.4 is 10.1 Å². The molecule has 2 aliphatic rings. The minimum Gasteiger partial charge on any atom is -0.406 e. The summed E-state index contributed by atoms with van der Waals surface area (Å²) in [5.74, 6) is -0.721. The fourth-order valence-corrected chi connectivity index (χ4v) is 4.64. The quantitative estimate of drug-likeness (QED) is 0.735. The SMILES string of the molecule is Cc1ccc(C(=O)N2CCN(C)CC2)c2c1CC[C@@H](NC(=O)c1ccc(OC(F)(F)F)cc1)C2. The maximum absolute atomic E-state index is 13.3. The Kier molecular flexibility index (Phi) is 6.84. The van der Waals surface area contributed by atoms with Crippen LogP contribution in [0.3, 0.4) is 0 Å². The summed E-state index contributed by atoms with van der Waals surface area (Å²) in [6, 6.07) is 8.55. The summed E-state index contributed by atoms with van der Waals surface area (Å²) in [6.07, 6.45) is -2.78. The Morgan fingerprint density at radius 2 is 1.68 bits per heavy atom. The van der Waals surface area contributed by atoms with Gasteiger partial charge in [0.1, 0.15) is 5.75 Å². The fourth-order valence-electron chi connectivity index (χ4n) is 4.64. The number of piperazine rings is 1. The lowest BCUT2D eigenvalue weighted by atomic mass is 9.82. The minimum atomic E-state index is -4.78. The zero-order valence-corrected chi connectivity index (χ0v) is 19.2. The molecule has 4 rings (SSSR count). The van der Waals surface area contributed by atoms with Crippen LogP contribution in [0, 0.1) is 6.92 Å². The van der Waals surface area contributed by atoms with Gasteiger partial charge in [-0.3, -0.25) is 9.59 Å². The number of nitrogens with one attached hydrogen (secondary N) is 1. The highest BCUT2D eigenvalue weighted by atomic mass is 19.4. The number of amides is 2. The molecule has 0 spiro atoms. The maximum Gasteiger partial charge on any atom is 0.573 e. The molecule has 0 aromatic heterocycles. The number of likely N-dealkylation sites (N-methyl/N-ethyl adjacent to an activating group) is 1. The number of alkyl halides is 3. The van der Waals surface area contributed by atoms with Crippen LogP contribution in [0.2, 0.25) is 0 Å². The van der Waals surface area contributed by atoms with Crippen LogP contribution in [0.5, 0.6) is 5.75 Å². The van der Waals surface area contributed by atoms with E-state index in [0.717, 1.165) is 49.2 Å². The number of nitrogens with zero attached hydrogens (tertiary/aromatic N) is 2. The van der Waals surface area contributed by atoms with Crippen molar-refractivity contribution in [1.29, 1.82) is 0 Å². The number of halogens is 3. The molecule has 1 atom stereocenters. The number of carbonyl (C=O) groups excluding carboxylic acids is 2. The topological polar surface area (TPSA) is 61.9 Å². The van der Waals surface area contributed by atoms with Gasteiger partial charge in [0.25, 0.3) is 11.8 Å². The second-order valence-corrected chi connectivity index (χ2v) is 8.97. The highest BCUT2D eigenvalue weighted by Gasteiger charge is 2.31. The van der Waals surface area contributed by atoms with E-state index in [1.807, 2.05) is 31.0 Å². The van der Waals surface area contributed by atoms with Crippen molar-refractivity contribution in [2.75, 3.05) is 33.2 Å². The highest BCUT2D eigenvalue weighted by Crippen LogP contribution is 2.29. The van der Waals surface area contributed by atoms with Crippen LogP contribution in [-0.2, 0) is 12.8 Å². The van der Waals surface area contributed by atoms with Gasteiger partial charge in [0.15, 0.2) is 0 Å². The normalized spacial score (nSPS) is 18.9. The predicted octanol–water partition coefficient (Wildman–Crippen LogP) is 3.57. The molecule has 1 heterocycles. The first-order valence-electron chi connectivity index (χ1n) is 11.4. The van der Waals surface area contributed by atoms with Crippen molar-refractivity contribution < 1.29 is 27.5 Å². The summed E-state index contributed by atoms with van der Waals surface area (Å²) in [5, 5.41) is 2.98. The van der Waals surface area contributed by atoms with E-state index in [4.69, 9.17) is 0 Å². The Labute approximate surface area is 196 Å². The van der Waals surface area contributed by atoms with Gasteiger partial charge in [-0.15, -0.1) is 13.2 Å². The molecule has 1 saturated heterocycles. The number of rotatable bonds is 4. The van der Waals surface area contributed by atoms with Crippen molar-refractivity contribution in [3.05, 3.63) is 64.2 Å². The van der Waals surface area contributed by atoms with E-state index in [9.17, 15) is 22.8 Å². The van der Waals surface area contributed by atoms with E-state index in [1.54, 1.807) is 0 Å². The Balaban J connectivity index is 1.47. The van der Waals surface area contributed by atoms with Crippen molar-refractivity contribution in [3.8, 4) is 5.75 Å². The van der Waals surface area contributed by atoms with E-state index in [0.29, 0.717) is 25.1 Å². The van der Waals surface area contributed by atoms with Gasteiger partial charge < -0.3 is 19.9 Å². The number of aryl methyl sites for hydroxylation is 1. The lowest BCUT2D eigenvalue weighted by Crippen LogP contribution is -2.47. The van der Waals surface area contributed by atoms with E-state index in [-0.39, 0.29) is 29.2 Å². The Hall–Kier alpha value is -3.07. The summed E-state index contributed by atoms with van der Waals surface area (Å²) in [4.78, 5) is 30.1. The summed E-state index contributed by atoms with van der Waals surface area (Å²) in [7, 11) is 2.04. The van der Waals surface area contributed by atoms with Crippen molar-refractivity contribution in [2.45, 2.75) is 38.6 Å². The lowest BCUT2D eigenvalue weighted by molar-refractivity contribution is -0.274. The molecule has 1 N–H and O–H groups in total. The lowest BCUT2D eigenvalue weighted by Gasteiger charge is -2.34. The van der Waals surface area contributed by atoms with Crippen molar-refractivity contribution in [1.82, 2.24) is 15.1 Å². The molecule has 2 amide bonds. The van der Waals surface area contributed by atoms with Crippen molar-refractivity contribution in [3.63, 3.8) is 0 Å². The molecule has 0 unspecified atom stereocenters. The molecular formula is C25H28F3N3O3. The van der Waals surface area contributed by atoms with Gasteiger partial charge in [0, 0.05) is 43.3 Å².